The molecule has 2 saturated heterocycles. The molecule has 2 aliphatic rings. The molecule has 0 spiro atoms. The van der Waals surface area contributed by atoms with Gasteiger partial charge in [0.15, 0.2) is 5.82 Å². The summed E-state index contributed by atoms with van der Waals surface area (Å²) in [4.78, 5) is 20.7. The second-order valence-corrected chi connectivity index (χ2v) is 13.8. The Hall–Kier alpha value is -2.64. The van der Waals surface area contributed by atoms with E-state index >= 15 is 0 Å². The van der Waals surface area contributed by atoms with Crippen molar-refractivity contribution in [3.63, 3.8) is 0 Å². The summed E-state index contributed by atoms with van der Waals surface area (Å²) in [7, 11) is -3.25. The number of imidazole rings is 1. The quantitative estimate of drug-likeness (QED) is 0.371. The van der Waals surface area contributed by atoms with Gasteiger partial charge in [-0.25, -0.2) is 18.4 Å². The number of sulfonamides is 1. The second-order valence-electron chi connectivity index (χ2n) is 10.7. The van der Waals surface area contributed by atoms with E-state index in [2.05, 4.69) is 15.9 Å². The van der Waals surface area contributed by atoms with Crippen LogP contribution in [0.25, 0.3) is 27.2 Å². The average Bonchev–Trinajstić information content (AvgIpc) is 3.41. The van der Waals surface area contributed by atoms with Crippen LogP contribution < -0.4 is 4.90 Å². The maximum absolute atomic E-state index is 12.3. The highest BCUT2D eigenvalue weighted by Gasteiger charge is 2.39. The average molecular weight is 556 g/mol. The smallest absolute Gasteiger partial charge is 0.238 e. The zero-order valence-electron chi connectivity index (χ0n) is 22.2. The lowest BCUT2D eigenvalue weighted by Gasteiger charge is -2.45. The number of thiophene rings is 1. The molecule has 10 nitrogen and oxygen atoms in total. The summed E-state index contributed by atoms with van der Waals surface area (Å²) in [5, 5.41) is 0. The molecule has 12 heteroatoms. The number of nitrogens with zero attached hydrogens (tertiary/aromatic N) is 7. The van der Waals surface area contributed by atoms with Gasteiger partial charge in [-0.15, -0.1) is 11.3 Å². The molecule has 0 bridgehead atoms. The van der Waals surface area contributed by atoms with Crippen LogP contribution >= 0.6 is 11.3 Å². The van der Waals surface area contributed by atoms with E-state index in [1.165, 1.54) is 11.1 Å². The molecule has 38 heavy (non-hydrogen) atoms. The first-order valence-corrected chi connectivity index (χ1v) is 15.5. The van der Waals surface area contributed by atoms with Crippen molar-refractivity contribution >= 4 is 48.4 Å². The molecule has 4 aromatic rings. The second kappa shape index (κ2) is 9.53. The number of para-hydroxylation sites is 2. The van der Waals surface area contributed by atoms with E-state index in [-0.39, 0.29) is 0 Å². The molecular weight excluding hydrogens is 522 g/mol. The topological polar surface area (TPSA) is 96.7 Å². The van der Waals surface area contributed by atoms with Crippen LogP contribution in [0.3, 0.4) is 0 Å². The Morgan fingerprint density at radius 2 is 1.79 bits per heavy atom. The molecule has 0 unspecified atom stereocenters. The number of morpholine rings is 1. The molecule has 2 aliphatic heterocycles. The lowest BCUT2D eigenvalue weighted by Crippen LogP contribution is -2.60. The molecule has 2 fully saturated rings. The van der Waals surface area contributed by atoms with Crippen molar-refractivity contribution in [1.29, 1.82) is 0 Å². The molecule has 1 aromatic carbocycles. The Labute approximate surface area is 226 Å². The van der Waals surface area contributed by atoms with E-state index in [9.17, 15) is 8.42 Å². The van der Waals surface area contributed by atoms with Gasteiger partial charge in [-0.1, -0.05) is 12.1 Å². The first kappa shape index (κ1) is 25.6. The maximum Gasteiger partial charge on any atom is 0.238 e. The molecule has 0 atom stereocenters. The molecule has 5 heterocycles. The molecule has 0 aliphatic carbocycles. The Balaban J connectivity index is 1.38. The van der Waals surface area contributed by atoms with Crippen molar-refractivity contribution in [2.75, 3.05) is 57.1 Å². The van der Waals surface area contributed by atoms with Crippen molar-refractivity contribution in [3.05, 3.63) is 41.0 Å². The zero-order chi connectivity index (χ0) is 26.7. The molecular formula is C26H33N7O3S2. The number of hydrogen-bond acceptors (Lipinski definition) is 9. The minimum atomic E-state index is -3.25. The van der Waals surface area contributed by atoms with Crippen LogP contribution in [0.2, 0.25) is 0 Å². The van der Waals surface area contributed by atoms with Gasteiger partial charge in [0.25, 0.3) is 0 Å². The Kier molecular flexibility index (Phi) is 6.42. The van der Waals surface area contributed by atoms with Gasteiger partial charge in [0.1, 0.15) is 5.82 Å². The lowest BCUT2D eigenvalue weighted by molar-refractivity contribution is 0.0778. The fourth-order valence-electron chi connectivity index (χ4n) is 5.73. The van der Waals surface area contributed by atoms with E-state index in [1.807, 2.05) is 49.6 Å². The SMILES string of the molecule is Cc1nc2ccccc2n1-c1nc(N2CCOCC2)c2sc(CN3CCN(S(C)(=O)=O)C(C)(C)C3)cc2n1. The van der Waals surface area contributed by atoms with Gasteiger partial charge in [0, 0.05) is 49.7 Å². The van der Waals surface area contributed by atoms with Crippen LogP contribution in [0.5, 0.6) is 0 Å². The van der Waals surface area contributed by atoms with Gasteiger partial charge in [-0.2, -0.15) is 9.29 Å². The molecule has 202 valence electrons. The highest BCUT2D eigenvalue weighted by atomic mass is 32.2. The molecule has 6 rings (SSSR count). The van der Waals surface area contributed by atoms with Crippen molar-refractivity contribution in [2.45, 2.75) is 32.9 Å². The van der Waals surface area contributed by atoms with E-state index in [1.54, 1.807) is 15.6 Å². The van der Waals surface area contributed by atoms with E-state index in [0.717, 1.165) is 52.5 Å². The standard InChI is InChI=1S/C26H33N7O3S2/c1-18-27-20-7-5-6-8-22(20)33(18)25-28-21-15-19(37-23(21)24(29-25)31-11-13-36-14-12-31)16-30-9-10-32(38(4,34)35)26(2,3)17-30/h5-8,15H,9-14,16-17H2,1-4H3. The molecule has 0 saturated carbocycles. The lowest BCUT2D eigenvalue weighted by atomic mass is 10.0. The van der Waals surface area contributed by atoms with E-state index < -0.39 is 15.6 Å². The number of anilines is 1. The minimum absolute atomic E-state index is 0.464. The fourth-order valence-corrected chi connectivity index (χ4v) is 8.25. The molecule has 0 N–H and O–H groups in total. The number of fused-ring (bicyclic) bond motifs is 2. The van der Waals surface area contributed by atoms with Gasteiger partial charge >= 0.3 is 0 Å². The number of aryl methyl sites for hydroxylation is 1. The monoisotopic (exact) mass is 555 g/mol. The van der Waals surface area contributed by atoms with Crippen LogP contribution in [-0.4, -0.2) is 94.9 Å². The van der Waals surface area contributed by atoms with Crippen molar-refractivity contribution in [1.82, 2.24) is 28.7 Å². The maximum atomic E-state index is 12.3. The van der Waals surface area contributed by atoms with Crippen LogP contribution in [0.15, 0.2) is 30.3 Å². The fraction of sp³-hybridized carbons (Fsp3) is 0.500. The van der Waals surface area contributed by atoms with Crippen molar-refractivity contribution in [2.24, 2.45) is 0 Å². The van der Waals surface area contributed by atoms with Gasteiger partial charge < -0.3 is 9.64 Å². The zero-order valence-corrected chi connectivity index (χ0v) is 23.8. The molecule has 0 radical (unpaired) electrons. The molecule has 0 amide bonds. The number of ether oxygens (including phenoxy) is 1. The normalized spacial score (nSPS) is 19.5. The largest absolute Gasteiger partial charge is 0.378 e. The van der Waals surface area contributed by atoms with Crippen LogP contribution in [0.1, 0.15) is 24.5 Å². The van der Waals surface area contributed by atoms with Gasteiger partial charge in [-0.3, -0.25) is 9.47 Å². The summed E-state index contributed by atoms with van der Waals surface area (Å²) >= 11 is 1.73. The Bertz CT molecular complexity index is 1610. The number of hydrogen-bond donors (Lipinski definition) is 0. The summed E-state index contributed by atoms with van der Waals surface area (Å²) in [6, 6.07) is 10.2. The van der Waals surface area contributed by atoms with Crippen LogP contribution in [0.4, 0.5) is 5.82 Å². The number of benzene rings is 1. The number of aromatic nitrogens is 4. The van der Waals surface area contributed by atoms with Crippen LogP contribution in [-0.2, 0) is 21.3 Å². The highest BCUT2D eigenvalue weighted by Crippen LogP contribution is 2.35. The highest BCUT2D eigenvalue weighted by molar-refractivity contribution is 7.88. The third-order valence-corrected chi connectivity index (χ3v) is 9.90. The van der Waals surface area contributed by atoms with Gasteiger partial charge in [-0.05, 0) is 39.0 Å². The number of rotatable bonds is 5. The van der Waals surface area contributed by atoms with Gasteiger partial charge in [0.2, 0.25) is 16.0 Å². The first-order chi connectivity index (χ1) is 18.1. The Morgan fingerprint density at radius 1 is 1.03 bits per heavy atom. The predicted octanol–water partition coefficient (Wildman–Crippen LogP) is 3.03. The number of piperazine rings is 1. The summed E-state index contributed by atoms with van der Waals surface area (Å²) in [5.74, 6) is 2.40. The summed E-state index contributed by atoms with van der Waals surface area (Å²) in [5.41, 5.74) is 2.36. The van der Waals surface area contributed by atoms with Crippen molar-refractivity contribution in [3.8, 4) is 5.95 Å². The van der Waals surface area contributed by atoms with Crippen molar-refractivity contribution < 1.29 is 13.2 Å². The summed E-state index contributed by atoms with van der Waals surface area (Å²) < 4.78 is 34.9. The van der Waals surface area contributed by atoms with E-state index in [0.29, 0.717) is 38.8 Å². The minimum Gasteiger partial charge on any atom is -0.378 e. The Morgan fingerprint density at radius 3 is 2.53 bits per heavy atom. The summed E-state index contributed by atoms with van der Waals surface area (Å²) in [6.07, 6.45) is 1.30. The molecule has 3 aromatic heterocycles. The predicted molar refractivity (Wildman–Crippen MR) is 151 cm³/mol. The third-order valence-electron chi connectivity index (χ3n) is 7.32. The van der Waals surface area contributed by atoms with E-state index in [4.69, 9.17) is 19.7 Å². The van der Waals surface area contributed by atoms with Gasteiger partial charge in [0.05, 0.1) is 40.7 Å². The van der Waals surface area contributed by atoms with Crippen LogP contribution in [0, 0.1) is 6.92 Å². The summed E-state index contributed by atoms with van der Waals surface area (Å²) in [6.45, 7) is 11.5. The first-order valence-electron chi connectivity index (χ1n) is 12.9. The third kappa shape index (κ3) is 4.68.